The lowest BCUT2D eigenvalue weighted by molar-refractivity contribution is -0.142. The fraction of sp³-hybridized carbons (Fsp3) is 0.333. The number of rotatable bonds is 2. The predicted octanol–water partition coefficient (Wildman–Crippen LogP) is 2.60. The minimum Gasteiger partial charge on any atom is -0.460 e. The van der Waals surface area contributed by atoms with Crippen LogP contribution in [0.3, 0.4) is 0 Å². The number of carbonyl (C=O) groups is 1. The summed E-state index contributed by atoms with van der Waals surface area (Å²) in [6, 6.07) is 0. The molecule has 0 N–H and O–H groups in total. The van der Waals surface area contributed by atoms with E-state index in [2.05, 4.69) is 0 Å². The Morgan fingerprint density at radius 3 is 3.00 bits per heavy atom. The maximum atomic E-state index is 10.4. The Morgan fingerprint density at radius 2 is 2.55 bits per heavy atom. The van der Waals surface area contributed by atoms with Crippen LogP contribution < -0.4 is 0 Å². The average molecular weight is 206 g/mol. The van der Waals surface area contributed by atoms with E-state index in [1.807, 2.05) is 5.38 Å². The summed E-state index contributed by atoms with van der Waals surface area (Å²) in [5.74, 6) is -0.255. The minimum atomic E-state index is -0.255. The third kappa shape index (κ3) is 3.09. The smallest absolute Gasteiger partial charge is 0.302 e. The summed E-state index contributed by atoms with van der Waals surface area (Å²) >= 11 is 7.89. The van der Waals surface area contributed by atoms with Crippen molar-refractivity contribution in [2.75, 3.05) is 0 Å². The van der Waals surface area contributed by atoms with Gasteiger partial charge in [0.05, 0.1) is 4.88 Å². The second-order valence-corrected chi connectivity index (χ2v) is 5.03. The van der Waals surface area contributed by atoms with Crippen LogP contribution >= 0.6 is 34.9 Å². The summed E-state index contributed by atoms with van der Waals surface area (Å²) < 4.78 is 5.64. The highest BCUT2D eigenvalue weighted by atomic mass is 32.2. The molecule has 0 atom stereocenters. The topological polar surface area (TPSA) is 26.3 Å². The van der Waals surface area contributed by atoms with Gasteiger partial charge in [-0.15, -0.1) is 22.7 Å². The van der Waals surface area contributed by atoms with E-state index in [1.54, 1.807) is 0 Å². The van der Waals surface area contributed by atoms with E-state index in [9.17, 15) is 4.79 Å². The van der Waals surface area contributed by atoms with Gasteiger partial charge in [0.25, 0.3) is 0 Å². The summed E-state index contributed by atoms with van der Waals surface area (Å²) in [7, 11) is 0. The van der Waals surface area contributed by atoms with E-state index >= 15 is 0 Å². The van der Waals surface area contributed by atoms with Gasteiger partial charge >= 0.3 is 5.97 Å². The maximum absolute atomic E-state index is 10.4. The molecular weight excluding hydrogens is 200 g/mol. The Bertz CT molecular complexity index is 299. The molecule has 2 nitrogen and oxygen atoms in total. The molecule has 0 aliphatic rings. The molecule has 11 heavy (non-hydrogen) atoms. The largest absolute Gasteiger partial charge is 0.460 e. The van der Waals surface area contributed by atoms with Crippen LogP contribution in [-0.4, -0.2) is 5.97 Å². The predicted molar refractivity (Wildman–Crippen MR) is 48.5 cm³/mol. The van der Waals surface area contributed by atoms with Gasteiger partial charge in [-0.05, 0) is 0 Å². The van der Waals surface area contributed by atoms with Crippen molar-refractivity contribution < 1.29 is 9.53 Å². The van der Waals surface area contributed by atoms with Crippen LogP contribution in [0.15, 0.2) is 5.38 Å². The van der Waals surface area contributed by atoms with Crippen LogP contribution in [0.5, 0.6) is 0 Å². The molecule has 1 aromatic heterocycles. The van der Waals surface area contributed by atoms with Gasteiger partial charge in [0, 0.05) is 12.3 Å². The number of esters is 1. The molecule has 0 saturated carbocycles. The third-order valence-corrected chi connectivity index (χ3v) is 3.40. The molecule has 1 heterocycles. The van der Waals surface area contributed by atoms with Gasteiger partial charge < -0.3 is 4.74 Å². The molecule has 0 aliphatic carbocycles. The molecule has 0 radical (unpaired) electrons. The van der Waals surface area contributed by atoms with Crippen molar-refractivity contribution in [3.05, 3.63) is 13.4 Å². The molecule has 1 rings (SSSR count). The van der Waals surface area contributed by atoms with E-state index in [0.29, 0.717) is 6.61 Å². The lowest BCUT2D eigenvalue weighted by Crippen LogP contribution is -1.96. The van der Waals surface area contributed by atoms with Crippen LogP contribution in [-0.2, 0) is 16.1 Å². The van der Waals surface area contributed by atoms with Crippen LogP contribution in [0.25, 0.3) is 0 Å². The van der Waals surface area contributed by atoms with Crippen molar-refractivity contribution in [1.82, 2.24) is 0 Å². The van der Waals surface area contributed by atoms with Crippen LogP contribution in [0.4, 0.5) is 0 Å². The van der Waals surface area contributed by atoms with E-state index in [4.69, 9.17) is 17.0 Å². The van der Waals surface area contributed by atoms with Crippen molar-refractivity contribution in [3.63, 3.8) is 0 Å². The fourth-order valence-corrected chi connectivity index (χ4v) is 2.59. The number of hydrogen-bond donors (Lipinski definition) is 0. The molecule has 0 bridgehead atoms. The normalized spacial score (nSPS) is 9.55. The summed E-state index contributed by atoms with van der Waals surface area (Å²) in [6.07, 6.45) is 0. The van der Waals surface area contributed by atoms with E-state index in [1.165, 1.54) is 29.6 Å². The summed E-state index contributed by atoms with van der Waals surface area (Å²) in [5.41, 5.74) is 0. The van der Waals surface area contributed by atoms with Gasteiger partial charge in [-0.25, -0.2) is 0 Å². The number of hydrogen-bond acceptors (Lipinski definition) is 5. The first-order chi connectivity index (χ1) is 5.18. The Kier molecular flexibility index (Phi) is 3.16. The molecule has 0 aliphatic heterocycles. The summed E-state index contributed by atoms with van der Waals surface area (Å²) in [6.45, 7) is 1.75. The SMILES string of the molecule is CC(=O)OCc1csc(=S)s1. The lowest BCUT2D eigenvalue weighted by Gasteiger charge is -1.95. The molecule has 0 aromatic carbocycles. The lowest BCUT2D eigenvalue weighted by atomic mass is 10.6. The zero-order valence-electron chi connectivity index (χ0n) is 5.83. The third-order valence-electron chi connectivity index (χ3n) is 0.919. The summed E-state index contributed by atoms with van der Waals surface area (Å²) in [4.78, 5) is 11.4. The highest BCUT2D eigenvalue weighted by Crippen LogP contribution is 2.17. The molecule has 0 fully saturated rings. The zero-order valence-corrected chi connectivity index (χ0v) is 8.28. The van der Waals surface area contributed by atoms with Gasteiger partial charge in [-0.1, -0.05) is 12.2 Å². The molecule has 1 aromatic rings. The first-order valence-electron chi connectivity index (χ1n) is 2.89. The molecule has 0 saturated heterocycles. The molecule has 0 amide bonds. The Morgan fingerprint density at radius 1 is 1.82 bits per heavy atom. The second-order valence-electron chi connectivity index (χ2n) is 1.83. The van der Waals surface area contributed by atoms with Crippen molar-refractivity contribution in [1.29, 1.82) is 0 Å². The second kappa shape index (κ2) is 3.94. The highest BCUT2D eigenvalue weighted by molar-refractivity contribution is 7.76. The molecule has 60 valence electrons. The quantitative estimate of drug-likeness (QED) is 0.549. The van der Waals surface area contributed by atoms with Crippen molar-refractivity contribution in [2.45, 2.75) is 13.5 Å². The minimum absolute atomic E-state index is 0.255. The van der Waals surface area contributed by atoms with E-state index in [-0.39, 0.29) is 5.97 Å². The summed E-state index contributed by atoms with van der Waals surface area (Å²) in [5, 5.41) is 1.91. The van der Waals surface area contributed by atoms with E-state index < -0.39 is 0 Å². The van der Waals surface area contributed by atoms with Gasteiger partial charge in [0.15, 0.2) is 0 Å². The first kappa shape index (κ1) is 8.83. The Hall–Kier alpha value is -0.260. The Balaban J connectivity index is 2.51. The van der Waals surface area contributed by atoms with Crippen molar-refractivity contribution in [2.24, 2.45) is 0 Å². The van der Waals surface area contributed by atoms with Crippen LogP contribution in [0.2, 0.25) is 0 Å². The van der Waals surface area contributed by atoms with Crippen molar-refractivity contribution >= 4 is 40.9 Å². The fourth-order valence-electron chi connectivity index (χ4n) is 0.505. The van der Waals surface area contributed by atoms with Crippen molar-refractivity contribution in [3.8, 4) is 0 Å². The highest BCUT2D eigenvalue weighted by Gasteiger charge is 1.97. The zero-order chi connectivity index (χ0) is 8.27. The first-order valence-corrected chi connectivity index (χ1v) is 5.00. The van der Waals surface area contributed by atoms with Gasteiger partial charge in [0.1, 0.15) is 9.74 Å². The monoisotopic (exact) mass is 206 g/mol. The molecule has 5 heteroatoms. The van der Waals surface area contributed by atoms with Crippen LogP contribution in [0, 0.1) is 3.14 Å². The molecule has 0 unspecified atom stereocenters. The molecule has 0 spiro atoms. The van der Waals surface area contributed by atoms with Gasteiger partial charge in [-0.2, -0.15) is 0 Å². The van der Waals surface area contributed by atoms with E-state index in [0.717, 1.165) is 8.01 Å². The van der Waals surface area contributed by atoms with Gasteiger partial charge in [0.2, 0.25) is 0 Å². The Labute approximate surface area is 77.5 Å². The van der Waals surface area contributed by atoms with Gasteiger partial charge in [-0.3, -0.25) is 4.79 Å². The van der Waals surface area contributed by atoms with Crippen LogP contribution in [0.1, 0.15) is 11.8 Å². The average Bonchev–Trinajstić information content (AvgIpc) is 2.31. The molecular formula is C6H6O2S3. The standard InChI is InChI=1S/C6H6O2S3/c1-4(7)8-2-5-3-10-6(9)11-5/h3H,2H2,1H3. The number of ether oxygens (including phenoxy) is 1. The maximum Gasteiger partial charge on any atom is 0.302 e. The number of carbonyl (C=O) groups excluding carboxylic acids is 1.